The summed E-state index contributed by atoms with van der Waals surface area (Å²) in [5.41, 5.74) is 0.816. The van der Waals surface area contributed by atoms with Gasteiger partial charge in [0, 0.05) is 11.4 Å². The fraction of sp³-hybridized carbons (Fsp3) is 0.333. The van der Waals surface area contributed by atoms with Gasteiger partial charge in [-0.1, -0.05) is 18.2 Å². The van der Waals surface area contributed by atoms with Gasteiger partial charge in [-0.3, -0.25) is 14.5 Å². The van der Waals surface area contributed by atoms with Gasteiger partial charge in [-0.25, -0.2) is 4.39 Å². The van der Waals surface area contributed by atoms with E-state index in [1.165, 1.54) is 12.1 Å². The Labute approximate surface area is 150 Å². The molecule has 0 aliphatic carbocycles. The maximum atomic E-state index is 13.0. The highest BCUT2D eigenvalue weighted by Crippen LogP contribution is 2.09. The zero-order valence-electron chi connectivity index (χ0n) is 14.0. The molecule has 0 atom stereocenters. The molecule has 134 valence electrons. The van der Waals surface area contributed by atoms with Crippen LogP contribution in [0.3, 0.4) is 0 Å². The minimum Gasteiger partial charge on any atom is -0.465 e. The van der Waals surface area contributed by atoms with Crippen molar-refractivity contribution in [3.63, 3.8) is 0 Å². The molecule has 2 aromatic rings. The van der Waals surface area contributed by atoms with E-state index in [0.29, 0.717) is 13.1 Å². The fourth-order valence-electron chi connectivity index (χ4n) is 2.26. The van der Waals surface area contributed by atoms with Gasteiger partial charge in [-0.2, -0.15) is 0 Å². The Kier molecular flexibility index (Phi) is 7.56. The van der Waals surface area contributed by atoms with Crippen molar-refractivity contribution >= 4 is 23.2 Å². The topological polar surface area (TPSA) is 58.6 Å². The lowest BCUT2D eigenvalue weighted by molar-refractivity contribution is -0.144. The molecule has 0 aliphatic heterocycles. The molecule has 0 saturated heterocycles. The lowest BCUT2D eigenvalue weighted by atomic mass is 10.2. The second kappa shape index (κ2) is 9.90. The van der Waals surface area contributed by atoms with Crippen molar-refractivity contribution in [2.45, 2.75) is 20.0 Å². The highest BCUT2D eigenvalue weighted by atomic mass is 32.1. The van der Waals surface area contributed by atoms with Crippen LogP contribution in [-0.4, -0.2) is 36.5 Å². The average Bonchev–Trinajstić information content (AvgIpc) is 3.09. The summed E-state index contributed by atoms with van der Waals surface area (Å²) in [7, 11) is 0. The number of carbonyl (C=O) groups is 2. The predicted molar refractivity (Wildman–Crippen MR) is 94.5 cm³/mol. The van der Waals surface area contributed by atoms with E-state index in [1.807, 2.05) is 17.5 Å². The Morgan fingerprint density at radius 3 is 2.60 bits per heavy atom. The number of nitrogens with one attached hydrogen (secondary N) is 1. The number of rotatable bonds is 9. The molecule has 1 aromatic heterocycles. The van der Waals surface area contributed by atoms with Crippen molar-refractivity contribution in [2.75, 3.05) is 19.7 Å². The third-order valence-electron chi connectivity index (χ3n) is 3.38. The first-order valence-corrected chi connectivity index (χ1v) is 8.86. The van der Waals surface area contributed by atoms with Gasteiger partial charge in [-0.15, -0.1) is 11.3 Å². The third-order valence-corrected chi connectivity index (χ3v) is 4.26. The first kappa shape index (κ1) is 19.1. The van der Waals surface area contributed by atoms with Crippen LogP contribution in [-0.2, 0) is 27.4 Å². The van der Waals surface area contributed by atoms with Gasteiger partial charge in [0.15, 0.2) is 0 Å². The molecule has 0 aliphatic rings. The minimum absolute atomic E-state index is 0.00234. The highest BCUT2D eigenvalue weighted by molar-refractivity contribution is 7.09. The highest BCUT2D eigenvalue weighted by Gasteiger charge is 2.16. The Balaban J connectivity index is 1.93. The van der Waals surface area contributed by atoms with Crippen LogP contribution in [0.5, 0.6) is 0 Å². The Morgan fingerprint density at radius 1 is 1.20 bits per heavy atom. The number of thiophene rings is 1. The Morgan fingerprint density at radius 2 is 1.96 bits per heavy atom. The van der Waals surface area contributed by atoms with Crippen molar-refractivity contribution in [1.29, 1.82) is 0 Å². The first-order valence-electron chi connectivity index (χ1n) is 7.98. The monoisotopic (exact) mass is 364 g/mol. The van der Waals surface area contributed by atoms with Crippen LogP contribution >= 0.6 is 11.3 Å². The molecule has 1 heterocycles. The van der Waals surface area contributed by atoms with Crippen molar-refractivity contribution < 1.29 is 18.7 Å². The molecule has 1 amide bonds. The van der Waals surface area contributed by atoms with E-state index in [1.54, 1.807) is 35.3 Å². The van der Waals surface area contributed by atoms with E-state index in [9.17, 15) is 14.0 Å². The molecule has 0 unspecified atom stereocenters. The lowest BCUT2D eigenvalue weighted by Crippen LogP contribution is -2.39. The molecule has 0 radical (unpaired) electrons. The predicted octanol–water partition coefficient (Wildman–Crippen LogP) is 2.57. The number of ether oxygens (including phenoxy) is 1. The van der Waals surface area contributed by atoms with Crippen LogP contribution < -0.4 is 5.32 Å². The zero-order valence-corrected chi connectivity index (χ0v) is 14.9. The number of benzene rings is 1. The number of halogens is 1. The first-order chi connectivity index (χ1) is 12.1. The molecule has 25 heavy (non-hydrogen) atoms. The molecule has 0 fully saturated rings. The molecule has 0 saturated carbocycles. The minimum atomic E-state index is -0.393. The largest absolute Gasteiger partial charge is 0.465 e. The number of hydrogen-bond donors (Lipinski definition) is 1. The summed E-state index contributed by atoms with van der Waals surface area (Å²) in [4.78, 5) is 26.7. The van der Waals surface area contributed by atoms with E-state index >= 15 is 0 Å². The Hall–Kier alpha value is -2.25. The van der Waals surface area contributed by atoms with Gasteiger partial charge in [-0.05, 0) is 36.1 Å². The van der Waals surface area contributed by atoms with E-state index < -0.39 is 5.97 Å². The van der Waals surface area contributed by atoms with Crippen LogP contribution in [0, 0.1) is 5.82 Å². The fourth-order valence-corrected chi connectivity index (χ4v) is 2.91. The summed E-state index contributed by atoms with van der Waals surface area (Å²) in [5.74, 6) is -0.898. The van der Waals surface area contributed by atoms with Gasteiger partial charge in [0.2, 0.25) is 5.91 Å². The van der Waals surface area contributed by atoms with Gasteiger partial charge < -0.3 is 10.1 Å². The number of esters is 1. The van der Waals surface area contributed by atoms with Crippen molar-refractivity contribution in [2.24, 2.45) is 0 Å². The number of carbonyl (C=O) groups excluding carboxylic acids is 2. The number of amides is 1. The van der Waals surface area contributed by atoms with Crippen LogP contribution in [0.4, 0.5) is 4.39 Å². The second-order valence-corrected chi connectivity index (χ2v) is 6.46. The lowest BCUT2D eigenvalue weighted by Gasteiger charge is -2.21. The molecular weight excluding hydrogens is 343 g/mol. The van der Waals surface area contributed by atoms with Crippen molar-refractivity contribution in [1.82, 2.24) is 10.2 Å². The summed E-state index contributed by atoms with van der Waals surface area (Å²) in [6.45, 7) is 2.88. The molecule has 7 heteroatoms. The molecule has 0 bridgehead atoms. The Bertz CT molecular complexity index is 674. The molecule has 0 spiro atoms. The van der Waals surface area contributed by atoms with E-state index in [0.717, 1.165) is 10.4 Å². The van der Waals surface area contributed by atoms with Crippen molar-refractivity contribution in [3.05, 3.63) is 58.0 Å². The molecule has 1 aromatic carbocycles. The molecule has 5 nitrogen and oxygen atoms in total. The quantitative estimate of drug-likeness (QED) is 0.695. The second-order valence-electron chi connectivity index (χ2n) is 5.43. The maximum absolute atomic E-state index is 13.0. The van der Waals surface area contributed by atoms with E-state index in [2.05, 4.69) is 5.32 Å². The molecular formula is C18H21FN2O3S. The zero-order chi connectivity index (χ0) is 18.1. The van der Waals surface area contributed by atoms with Crippen LogP contribution in [0.15, 0.2) is 41.8 Å². The maximum Gasteiger partial charge on any atom is 0.320 e. The molecule has 2 rings (SSSR count). The smallest absolute Gasteiger partial charge is 0.320 e. The standard InChI is InChI=1S/C18H21FN2O3S/c1-2-24-18(23)13-21(11-14-5-7-15(19)8-6-14)12-17(22)20-10-16-4-3-9-25-16/h3-9H,2,10-13H2,1H3,(H,20,22). The summed E-state index contributed by atoms with van der Waals surface area (Å²) >= 11 is 1.57. The van der Waals surface area contributed by atoms with Gasteiger partial charge in [0.1, 0.15) is 5.82 Å². The van der Waals surface area contributed by atoms with Crippen molar-refractivity contribution in [3.8, 4) is 0 Å². The SMILES string of the molecule is CCOC(=O)CN(CC(=O)NCc1cccs1)Cc1ccc(F)cc1. The van der Waals surface area contributed by atoms with E-state index in [-0.39, 0.29) is 31.4 Å². The number of hydrogen-bond acceptors (Lipinski definition) is 5. The van der Waals surface area contributed by atoms with E-state index in [4.69, 9.17) is 4.74 Å². The van der Waals surface area contributed by atoms with Crippen LogP contribution in [0.1, 0.15) is 17.4 Å². The van der Waals surface area contributed by atoms with Gasteiger partial charge in [0.05, 0.1) is 26.2 Å². The van der Waals surface area contributed by atoms with Gasteiger partial charge >= 0.3 is 5.97 Å². The van der Waals surface area contributed by atoms with Crippen LogP contribution in [0.25, 0.3) is 0 Å². The van der Waals surface area contributed by atoms with Crippen LogP contribution in [0.2, 0.25) is 0 Å². The summed E-state index contributed by atoms with van der Waals surface area (Å²) in [6, 6.07) is 9.85. The average molecular weight is 364 g/mol. The van der Waals surface area contributed by atoms with Gasteiger partial charge in [0.25, 0.3) is 0 Å². The summed E-state index contributed by atoms with van der Waals surface area (Å²) in [6.07, 6.45) is 0. The third kappa shape index (κ3) is 7.03. The number of nitrogens with zero attached hydrogens (tertiary/aromatic N) is 1. The normalized spacial score (nSPS) is 10.7. The summed E-state index contributed by atoms with van der Waals surface area (Å²) in [5, 5.41) is 4.78. The molecule has 1 N–H and O–H groups in total. The summed E-state index contributed by atoms with van der Waals surface area (Å²) < 4.78 is 18.0.